The molecule has 0 bridgehead atoms. The predicted molar refractivity (Wildman–Crippen MR) is 74.4 cm³/mol. The number of benzene rings is 1. The number of hydrogen-bond acceptors (Lipinski definition) is 5. The van der Waals surface area contributed by atoms with Crippen molar-refractivity contribution in [3.05, 3.63) is 29.8 Å². The Bertz CT molecular complexity index is 547. The summed E-state index contributed by atoms with van der Waals surface area (Å²) in [6.45, 7) is 3.68. The summed E-state index contributed by atoms with van der Waals surface area (Å²) in [5.74, 6) is -0.584. The second kappa shape index (κ2) is 5.51. The number of carbonyl (C=O) groups is 1. The molecule has 0 fully saturated rings. The Hall–Kier alpha value is -1.44. The molecule has 1 aromatic rings. The number of nitrogens with zero attached hydrogens (tertiary/aromatic N) is 1. The van der Waals surface area contributed by atoms with Gasteiger partial charge in [0.2, 0.25) is 0 Å². The van der Waals surface area contributed by atoms with Crippen LogP contribution in [0, 0.1) is 0 Å². The Morgan fingerprint density at radius 2 is 2.15 bits per heavy atom. The lowest BCUT2D eigenvalue weighted by Crippen LogP contribution is -2.57. The van der Waals surface area contributed by atoms with E-state index in [1.54, 1.807) is 13.8 Å². The number of para-hydroxylation sites is 1. The van der Waals surface area contributed by atoms with Crippen molar-refractivity contribution in [1.82, 2.24) is 4.31 Å². The van der Waals surface area contributed by atoms with E-state index < -0.39 is 28.8 Å². The first kappa shape index (κ1) is 15.0. The highest BCUT2D eigenvalue weighted by Gasteiger charge is 2.43. The summed E-state index contributed by atoms with van der Waals surface area (Å²) in [6, 6.07) is 6.45. The third-order valence-corrected chi connectivity index (χ3v) is 4.11. The van der Waals surface area contributed by atoms with E-state index in [9.17, 15) is 13.6 Å². The summed E-state index contributed by atoms with van der Waals surface area (Å²) in [6.07, 6.45) is 0. The number of fused-ring (bicyclic) bond motifs is 1. The van der Waals surface area contributed by atoms with E-state index in [4.69, 9.17) is 4.74 Å². The van der Waals surface area contributed by atoms with E-state index in [-0.39, 0.29) is 6.54 Å². The van der Waals surface area contributed by atoms with E-state index in [0.717, 1.165) is 15.6 Å². The van der Waals surface area contributed by atoms with Crippen LogP contribution in [-0.2, 0) is 27.3 Å². The fourth-order valence-corrected chi connectivity index (χ4v) is 3.24. The third kappa shape index (κ3) is 2.70. The van der Waals surface area contributed by atoms with E-state index in [1.807, 2.05) is 24.3 Å². The second-order valence-electron chi connectivity index (χ2n) is 5.22. The van der Waals surface area contributed by atoms with E-state index in [0.29, 0.717) is 0 Å². The van der Waals surface area contributed by atoms with Crippen LogP contribution in [0.4, 0.5) is 5.69 Å². The van der Waals surface area contributed by atoms with Gasteiger partial charge in [-0.1, -0.05) is 18.2 Å². The van der Waals surface area contributed by atoms with E-state index in [2.05, 4.69) is 5.32 Å². The molecule has 0 amide bonds. The predicted octanol–water partition coefficient (Wildman–Crippen LogP) is 1.03. The SMILES string of the molecule is COC(=O)C1N(S(=O)[O-])Cc2ccccc2NC1(C)C. The first-order chi connectivity index (χ1) is 9.36. The summed E-state index contributed by atoms with van der Waals surface area (Å²) in [5.41, 5.74) is 0.843. The van der Waals surface area contributed by atoms with Gasteiger partial charge in [0.25, 0.3) is 0 Å². The molecule has 6 nitrogen and oxygen atoms in total. The Kier molecular flexibility index (Phi) is 4.12. The zero-order chi connectivity index (χ0) is 14.9. The second-order valence-corrected chi connectivity index (χ2v) is 6.13. The van der Waals surface area contributed by atoms with Crippen LogP contribution in [-0.4, -0.2) is 37.7 Å². The van der Waals surface area contributed by atoms with Crippen LogP contribution in [0.3, 0.4) is 0 Å². The molecular formula is C13H17N2O4S-. The van der Waals surface area contributed by atoms with Gasteiger partial charge in [0.05, 0.1) is 12.6 Å². The maximum atomic E-state index is 12.0. The molecule has 110 valence electrons. The van der Waals surface area contributed by atoms with Crippen LogP contribution < -0.4 is 5.32 Å². The molecule has 7 heteroatoms. The minimum atomic E-state index is -2.53. The molecule has 0 aliphatic carbocycles. The zero-order valence-electron chi connectivity index (χ0n) is 11.6. The standard InChI is InChI=1S/C13H18N2O4S/c1-13(2)11(12(16)19-3)15(20(17)18)8-9-6-4-5-7-10(9)14-13/h4-7,11,14H,8H2,1-3H3,(H,17,18)/p-1. The lowest BCUT2D eigenvalue weighted by atomic mass is 9.94. The number of anilines is 1. The lowest BCUT2D eigenvalue weighted by Gasteiger charge is -2.38. The topological polar surface area (TPSA) is 81.7 Å². The van der Waals surface area contributed by atoms with Crippen molar-refractivity contribution in [2.75, 3.05) is 12.4 Å². The van der Waals surface area contributed by atoms with Gasteiger partial charge in [0.15, 0.2) is 0 Å². The van der Waals surface area contributed by atoms with Crippen LogP contribution in [0.15, 0.2) is 24.3 Å². The highest BCUT2D eigenvalue weighted by molar-refractivity contribution is 7.76. The molecule has 0 spiro atoms. The maximum Gasteiger partial charge on any atom is 0.326 e. The van der Waals surface area contributed by atoms with Gasteiger partial charge in [-0.2, -0.15) is 0 Å². The van der Waals surface area contributed by atoms with Crippen molar-refractivity contribution in [3.63, 3.8) is 0 Å². The molecule has 0 saturated heterocycles. The molecule has 2 rings (SSSR count). The molecule has 1 heterocycles. The maximum absolute atomic E-state index is 12.0. The molecule has 0 radical (unpaired) electrons. The fraction of sp³-hybridized carbons (Fsp3) is 0.462. The lowest BCUT2D eigenvalue weighted by molar-refractivity contribution is -0.146. The first-order valence-electron chi connectivity index (χ1n) is 6.17. The van der Waals surface area contributed by atoms with Crippen molar-refractivity contribution in [2.45, 2.75) is 32.0 Å². The van der Waals surface area contributed by atoms with Crippen molar-refractivity contribution in [3.8, 4) is 0 Å². The Morgan fingerprint density at radius 3 is 2.75 bits per heavy atom. The number of ether oxygens (including phenoxy) is 1. The summed E-state index contributed by atoms with van der Waals surface area (Å²) in [5, 5.41) is 3.23. The molecule has 1 aromatic carbocycles. The van der Waals surface area contributed by atoms with Gasteiger partial charge in [0, 0.05) is 23.5 Å². The molecule has 20 heavy (non-hydrogen) atoms. The molecule has 1 aliphatic rings. The number of hydrogen-bond donors (Lipinski definition) is 1. The number of esters is 1. The Morgan fingerprint density at radius 1 is 1.50 bits per heavy atom. The molecule has 0 saturated carbocycles. The molecule has 2 unspecified atom stereocenters. The van der Waals surface area contributed by atoms with Crippen LogP contribution in [0.2, 0.25) is 0 Å². The average Bonchev–Trinajstić information content (AvgIpc) is 2.50. The van der Waals surface area contributed by atoms with Gasteiger partial charge < -0.3 is 14.6 Å². The molecule has 2 atom stereocenters. The largest absolute Gasteiger partial charge is 0.760 e. The molecule has 0 aromatic heterocycles. The molecular weight excluding hydrogens is 280 g/mol. The number of methoxy groups -OCH3 is 1. The number of nitrogens with one attached hydrogen (secondary N) is 1. The zero-order valence-corrected chi connectivity index (χ0v) is 12.4. The Labute approximate surface area is 120 Å². The smallest absolute Gasteiger partial charge is 0.326 e. The van der Waals surface area contributed by atoms with Gasteiger partial charge in [0.1, 0.15) is 6.04 Å². The summed E-state index contributed by atoms with van der Waals surface area (Å²) < 4.78 is 28.9. The third-order valence-electron chi connectivity index (χ3n) is 3.39. The van der Waals surface area contributed by atoms with Crippen LogP contribution >= 0.6 is 0 Å². The van der Waals surface area contributed by atoms with Crippen LogP contribution in [0.25, 0.3) is 0 Å². The quantitative estimate of drug-likeness (QED) is 0.651. The normalized spacial score (nSPS) is 23.1. The Balaban J connectivity index is 2.52. The van der Waals surface area contributed by atoms with Crippen LogP contribution in [0.5, 0.6) is 0 Å². The molecule has 1 N–H and O–H groups in total. The van der Waals surface area contributed by atoms with Gasteiger partial charge in [-0.15, -0.1) is 0 Å². The summed E-state index contributed by atoms with van der Waals surface area (Å²) >= 11 is -2.53. The molecule has 1 aliphatic heterocycles. The summed E-state index contributed by atoms with van der Waals surface area (Å²) in [4.78, 5) is 12.0. The van der Waals surface area contributed by atoms with Crippen molar-refractivity contribution < 1.29 is 18.3 Å². The highest BCUT2D eigenvalue weighted by Crippen LogP contribution is 2.32. The minimum absolute atomic E-state index is 0.127. The average molecular weight is 297 g/mol. The van der Waals surface area contributed by atoms with E-state index >= 15 is 0 Å². The van der Waals surface area contributed by atoms with Gasteiger partial charge in [-0.25, -0.2) is 4.31 Å². The number of carbonyl (C=O) groups excluding carboxylic acids is 1. The number of rotatable bonds is 2. The van der Waals surface area contributed by atoms with Crippen molar-refractivity contribution >= 4 is 22.9 Å². The minimum Gasteiger partial charge on any atom is -0.760 e. The van der Waals surface area contributed by atoms with Crippen molar-refractivity contribution in [1.29, 1.82) is 0 Å². The van der Waals surface area contributed by atoms with Gasteiger partial charge >= 0.3 is 5.97 Å². The van der Waals surface area contributed by atoms with E-state index in [1.165, 1.54) is 7.11 Å². The van der Waals surface area contributed by atoms with Crippen LogP contribution in [0.1, 0.15) is 19.4 Å². The highest BCUT2D eigenvalue weighted by atomic mass is 32.2. The van der Waals surface area contributed by atoms with Gasteiger partial charge in [-0.05, 0) is 25.5 Å². The van der Waals surface area contributed by atoms with Gasteiger partial charge in [-0.3, -0.25) is 9.00 Å². The van der Waals surface area contributed by atoms with Crippen molar-refractivity contribution in [2.24, 2.45) is 0 Å². The first-order valence-corrected chi connectivity index (χ1v) is 7.20. The fourth-order valence-electron chi connectivity index (χ4n) is 2.48. The summed E-state index contributed by atoms with van der Waals surface area (Å²) in [7, 11) is 1.25. The monoisotopic (exact) mass is 297 g/mol.